The second-order valence-electron chi connectivity index (χ2n) is 5.65. The SMILES string of the molecule is COc1ccc(Cl)cc1C(=O)N1CCC(Nc2ccncn2)CC1. The van der Waals surface area contributed by atoms with Crippen molar-refractivity contribution in [2.45, 2.75) is 18.9 Å². The summed E-state index contributed by atoms with van der Waals surface area (Å²) in [5.74, 6) is 1.31. The number of hydrogen-bond acceptors (Lipinski definition) is 5. The first kappa shape index (κ1) is 16.5. The predicted molar refractivity (Wildman–Crippen MR) is 92.6 cm³/mol. The highest BCUT2D eigenvalue weighted by atomic mass is 35.5. The number of nitrogens with zero attached hydrogens (tertiary/aromatic N) is 3. The molecule has 0 unspecified atom stereocenters. The molecule has 2 aromatic rings. The Labute approximate surface area is 145 Å². The van der Waals surface area contributed by atoms with Gasteiger partial charge in [-0.1, -0.05) is 11.6 Å². The molecular weight excluding hydrogens is 328 g/mol. The number of nitrogens with one attached hydrogen (secondary N) is 1. The first-order valence-corrected chi connectivity index (χ1v) is 8.20. The van der Waals surface area contributed by atoms with Crippen molar-refractivity contribution in [2.75, 3.05) is 25.5 Å². The van der Waals surface area contributed by atoms with E-state index in [1.807, 2.05) is 11.0 Å². The van der Waals surface area contributed by atoms with E-state index >= 15 is 0 Å². The summed E-state index contributed by atoms with van der Waals surface area (Å²) in [5.41, 5.74) is 0.507. The van der Waals surface area contributed by atoms with Crippen LogP contribution < -0.4 is 10.1 Å². The number of ether oxygens (including phenoxy) is 1. The van der Waals surface area contributed by atoms with Crippen LogP contribution in [0.15, 0.2) is 36.8 Å². The molecule has 0 saturated carbocycles. The minimum atomic E-state index is -0.0464. The number of halogens is 1. The highest BCUT2D eigenvalue weighted by Crippen LogP contribution is 2.25. The molecule has 1 aromatic carbocycles. The Bertz CT molecular complexity index is 703. The monoisotopic (exact) mass is 346 g/mol. The van der Waals surface area contributed by atoms with Crippen molar-refractivity contribution < 1.29 is 9.53 Å². The minimum Gasteiger partial charge on any atom is -0.496 e. The zero-order chi connectivity index (χ0) is 16.9. The molecule has 0 atom stereocenters. The van der Waals surface area contributed by atoms with Gasteiger partial charge in [-0.3, -0.25) is 4.79 Å². The average Bonchev–Trinajstić information content (AvgIpc) is 2.62. The van der Waals surface area contributed by atoms with Crippen molar-refractivity contribution in [1.29, 1.82) is 0 Å². The lowest BCUT2D eigenvalue weighted by Crippen LogP contribution is -2.42. The topological polar surface area (TPSA) is 67.3 Å². The van der Waals surface area contributed by atoms with Crippen LogP contribution in [-0.2, 0) is 0 Å². The fourth-order valence-electron chi connectivity index (χ4n) is 2.83. The lowest BCUT2D eigenvalue weighted by Gasteiger charge is -2.33. The molecule has 1 saturated heterocycles. The van der Waals surface area contributed by atoms with Crippen LogP contribution in [0.4, 0.5) is 5.82 Å². The zero-order valence-corrected chi connectivity index (χ0v) is 14.2. The molecule has 7 heteroatoms. The molecule has 1 aromatic heterocycles. The third-order valence-electron chi connectivity index (χ3n) is 4.11. The molecule has 6 nitrogen and oxygen atoms in total. The fraction of sp³-hybridized carbons (Fsp3) is 0.353. The van der Waals surface area contributed by atoms with E-state index in [2.05, 4.69) is 15.3 Å². The number of anilines is 1. The lowest BCUT2D eigenvalue weighted by molar-refractivity contribution is 0.0715. The van der Waals surface area contributed by atoms with E-state index in [1.54, 1.807) is 31.5 Å². The van der Waals surface area contributed by atoms with Crippen LogP contribution in [0.5, 0.6) is 5.75 Å². The number of hydrogen-bond donors (Lipinski definition) is 1. The number of carbonyl (C=O) groups excluding carboxylic acids is 1. The molecule has 1 fully saturated rings. The first-order chi connectivity index (χ1) is 11.7. The Morgan fingerprint density at radius 2 is 2.12 bits per heavy atom. The van der Waals surface area contributed by atoms with E-state index in [4.69, 9.17) is 16.3 Å². The molecule has 1 aliphatic heterocycles. The Hall–Kier alpha value is -2.34. The number of rotatable bonds is 4. The zero-order valence-electron chi connectivity index (χ0n) is 13.4. The van der Waals surface area contributed by atoms with Gasteiger partial charge in [0.1, 0.15) is 17.9 Å². The maximum atomic E-state index is 12.7. The number of benzene rings is 1. The third kappa shape index (κ3) is 3.76. The molecule has 0 bridgehead atoms. The van der Waals surface area contributed by atoms with Gasteiger partial charge in [-0.25, -0.2) is 9.97 Å². The summed E-state index contributed by atoms with van der Waals surface area (Å²) in [6, 6.07) is 7.24. The summed E-state index contributed by atoms with van der Waals surface area (Å²) < 4.78 is 5.28. The summed E-state index contributed by atoms with van der Waals surface area (Å²) in [4.78, 5) is 22.7. The van der Waals surface area contributed by atoms with Crippen LogP contribution in [-0.4, -0.2) is 47.0 Å². The standard InChI is InChI=1S/C17H19ClN4O2/c1-24-15-3-2-12(18)10-14(15)17(23)22-8-5-13(6-9-22)21-16-4-7-19-11-20-16/h2-4,7,10-11,13H,5-6,8-9H2,1H3,(H,19,20,21). The van der Waals surface area contributed by atoms with Crippen molar-refractivity contribution >= 4 is 23.3 Å². The molecule has 2 heterocycles. The molecule has 1 amide bonds. The maximum Gasteiger partial charge on any atom is 0.257 e. The third-order valence-corrected chi connectivity index (χ3v) is 4.34. The summed E-state index contributed by atoms with van der Waals surface area (Å²) in [7, 11) is 1.55. The van der Waals surface area contributed by atoms with Crippen LogP contribution in [0.3, 0.4) is 0 Å². The van der Waals surface area contributed by atoms with E-state index in [9.17, 15) is 4.79 Å². The van der Waals surface area contributed by atoms with E-state index in [-0.39, 0.29) is 5.91 Å². The van der Waals surface area contributed by atoms with Crippen LogP contribution in [0, 0.1) is 0 Å². The fourth-order valence-corrected chi connectivity index (χ4v) is 3.00. The number of piperidine rings is 1. The van der Waals surface area contributed by atoms with Crippen molar-refractivity contribution in [3.63, 3.8) is 0 Å². The van der Waals surface area contributed by atoms with Crippen LogP contribution in [0.25, 0.3) is 0 Å². The number of likely N-dealkylation sites (tertiary alicyclic amines) is 1. The quantitative estimate of drug-likeness (QED) is 0.922. The molecule has 3 rings (SSSR count). The summed E-state index contributed by atoms with van der Waals surface area (Å²) in [6.45, 7) is 1.36. The summed E-state index contributed by atoms with van der Waals surface area (Å²) in [6.07, 6.45) is 4.95. The second kappa shape index (κ2) is 7.49. The van der Waals surface area contributed by atoms with Gasteiger partial charge in [0.15, 0.2) is 0 Å². The average molecular weight is 347 g/mol. The van der Waals surface area contributed by atoms with Gasteiger partial charge in [0, 0.05) is 30.4 Å². The molecular formula is C17H19ClN4O2. The van der Waals surface area contributed by atoms with Crippen LogP contribution in [0.1, 0.15) is 23.2 Å². The highest BCUT2D eigenvalue weighted by molar-refractivity contribution is 6.31. The summed E-state index contributed by atoms with van der Waals surface area (Å²) >= 11 is 6.02. The minimum absolute atomic E-state index is 0.0464. The largest absolute Gasteiger partial charge is 0.496 e. The normalized spacial score (nSPS) is 15.2. The highest BCUT2D eigenvalue weighted by Gasteiger charge is 2.25. The van der Waals surface area contributed by atoms with Crippen LogP contribution in [0.2, 0.25) is 5.02 Å². The molecule has 0 aliphatic carbocycles. The molecule has 0 radical (unpaired) electrons. The molecule has 1 aliphatic rings. The molecule has 1 N–H and O–H groups in total. The van der Waals surface area contributed by atoms with Gasteiger partial charge in [-0.15, -0.1) is 0 Å². The maximum absolute atomic E-state index is 12.7. The van der Waals surface area contributed by atoms with Crippen molar-refractivity contribution in [1.82, 2.24) is 14.9 Å². The van der Waals surface area contributed by atoms with Crippen molar-refractivity contribution in [2.24, 2.45) is 0 Å². The van der Waals surface area contributed by atoms with Gasteiger partial charge >= 0.3 is 0 Å². The molecule has 126 valence electrons. The Morgan fingerprint density at radius 1 is 1.33 bits per heavy atom. The van der Waals surface area contributed by atoms with Gasteiger partial charge in [-0.05, 0) is 37.1 Å². The van der Waals surface area contributed by atoms with E-state index in [0.29, 0.717) is 35.5 Å². The van der Waals surface area contributed by atoms with Gasteiger partial charge in [0.2, 0.25) is 0 Å². The number of carbonyl (C=O) groups is 1. The van der Waals surface area contributed by atoms with Gasteiger partial charge in [-0.2, -0.15) is 0 Å². The van der Waals surface area contributed by atoms with Crippen molar-refractivity contribution in [3.05, 3.63) is 47.4 Å². The van der Waals surface area contributed by atoms with E-state index in [0.717, 1.165) is 18.7 Å². The Kier molecular flexibility index (Phi) is 5.15. The molecule has 0 spiro atoms. The number of amides is 1. The van der Waals surface area contributed by atoms with Gasteiger partial charge < -0.3 is 15.0 Å². The second-order valence-corrected chi connectivity index (χ2v) is 6.09. The first-order valence-electron chi connectivity index (χ1n) is 7.82. The smallest absolute Gasteiger partial charge is 0.257 e. The number of aromatic nitrogens is 2. The lowest BCUT2D eigenvalue weighted by atomic mass is 10.0. The molecule has 24 heavy (non-hydrogen) atoms. The Balaban J connectivity index is 1.62. The van der Waals surface area contributed by atoms with E-state index in [1.165, 1.54) is 6.33 Å². The van der Waals surface area contributed by atoms with Gasteiger partial charge in [0.25, 0.3) is 5.91 Å². The van der Waals surface area contributed by atoms with E-state index < -0.39 is 0 Å². The Morgan fingerprint density at radius 3 is 2.79 bits per heavy atom. The van der Waals surface area contributed by atoms with Crippen LogP contribution >= 0.6 is 11.6 Å². The van der Waals surface area contributed by atoms with Crippen molar-refractivity contribution in [3.8, 4) is 5.75 Å². The van der Waals surface area contributed by atoms with Gasteiger partial charge in [0.05, 0.1) is 12.7 Å². The predicted octanol–water partition coefficient (Wildman–Crippen LogP) is 2.86. The summed E-state index contributed by atoms with van der Waals surface area (Å²) in [5, 5.41) is 3.90. The number of methoxy groups -OCH3 is 1.